The minimum Gasteiger partial charge on any atom is -0.497 e. The topological polar surface area (TPSA) is 44.5 Å². The monoisotopic (exact) mass is 303 g/mol. The van der Waals surface area contributed by atoms with Gasteiger partial charge in [0.1, 0.15) is 11.5 Å². The Morgan fingerprint density at radius 1 is 1.00 bits per heavy atom. The molecule has 0 aliphatic heterocycles. The Bertz CT molecular complexity index is 587. The highest BCUT2D eigenvalue weighted by molar-refractivity contribution is 7.99. The van der Waals surface area contributed by atoms with E-state index in [1.807, 2.05) is 43.3 Å². The van der Waals surface area contributed by atoms with Crippen LogP contribution in [0.15, 0.2) is 53.4 Å². The van der Waals surface area contributed by atoms with Crippen LogP contribution in [0.25, 0.3) is 0 Å². The molecule has 0 amide bonds. The first-order valence-corrected chi connectivity index (χ1v) is 7.73. The third kappa shape index (κ3) is 3.93. The summed E-state index contributed by atoms with van der Waals surface area (Å²) in [5.41, 5.74) is 7.32. The van der Waals surface area contributed by atoms with Crippen molar-refractivity contribution in [2.45, 2.75) is 23.1 Å². The average molecular weight is 303 g/mol. The normalized spacial score (nSPS) is 13.5. The maximum atomic E-state index is 6.20. The highest BCUT2D eigenvalue weighted by Gasteiger charge is 2.21. The number of rotatable bonds is 6. The highest BCUT2D eigenvalue weighted by Crippen LogP contribution is 2.41. The molecule has 2 unspecified atom stereocenters. The summed E-state index contributed by atoms with van der Waals surface area (Å²) in [4.78, 5) is 1.13. The van der Waals surface area contributed by atoms with Gasteiger partial charge in [0.2, 0.25) is 0 Å². The molecule has 2 aromatic rings. The zero-order valence-electron chi connectivity index (χ0n) is 12.6. The van der Waals surface area contributed by atoms with Gasteiger partial charge in [0.25, 0.3) is 0 Å². The van der Waals surface area contributed by atoms with Gasteiger partial charge < -0.3 is 15.2 Å². The molecule has 0 aliphatic carbocycles. The van der Waals surface area contributed by atoms with Crippen molar-refractivity contribution in [2.75, 3.05) is 14.2 Å². The van der Waals surface area contributed by atoms with E-state index in [0.29, 0.717) is 0 Å². The first-order valence-electron chi connectivity index (χ1n) is 6.85. The van der Waals surface area contributed by atoms with E-state index < -0.39 is 0 Å². The van der Waals surface area contributed by atoms with E-state index in [1.54, 1.807) is 26.0 Å². The molecule has 2 rings (SSSR count). The van der Waals surface area contributed by atoms with Crippen LogP contribution >= 0.6 is 11.8 Å². The number of nitrogens with two attached hydrogens (primary N) is 1. The number of benzene rings is 2. The molecule has 4 heteroatoms. The van der Waals surface area contributed by atoms with E-state index >= 15 is 0 Å². The van der Waals surface area contributed by atoms with Gasteiger partial charge in [-0.05, 0) is 31.2 Å². The Morgan fingerprint density at radius 2 is 1.76 bits per heavy atom. The van der Waals surface area contributed by atoms with Crippen LogP contribution in [0.2, 0.25) is 0 Å². The average Bonchev–Trinajstić information content (AvgIpc) is 2.52. The van der Waals surface area contributed by atoms with Crippen LogP contribution in [0.1, 0.15) is 17.7 Å². The van der Waals surface area contributed by atoms with Crippen LogP contribution in [0, 0.1) is 0 Å². The maximum Gasteiger partial charge on any atom is 0.123 e. The van der Waals surface area contributed by atoms with E-state index in [-0.39, 0.29) is 11.3 Å². The third-order valence-corrected chi connectivity index (χ3v) is 4.69. The number of hydrogen-bond donors (Lipinski definition) is 1. The van der Waals surface area contributed by atoms with E-state index in [9.17, 15) is 0 Å². The van der Waals surface area contributed by atoms with Crippen LogP contribution in [-0.4, -0.2) is 20.3 Å². The smallest absolute Gasteiger partial charge is 0.123 e. The van der Waals surface area contributed by atoms with Crippen molar-refractivity contribution in [1.82, 2.24) is 0 Å². The van der Waals surface area contributed by atoms with Crippen LogP contribution in [0.5, 0.6) is 11.5 Å². The Balaban J connectivity index is 2.31. The Labute approximate surface area is 130 Å². The number of hydrogen-bond acceptors (Lipinski definition) is 4. The van der Waals surface area contributed by atoms with Crippen molar-refractivity contribution in [3.05, 3.63) is 54.1 Å². The van der Waals surface area contributed by atoms with Gasteiger partial charge in [-0.2, -0.15) is 0 Å². The number of para-hydroxylation sites is 1. The largest absolute Gasteiger partial charge is 0.497 e. The molecule has 3 nitrogen and oxygen atoms in total. The van der Waals surface area contributed by atoms with E-state index in [2.05, 4.69) is 12.1 Å². The second-order valence-corrected chi connectivity index (χ2v) is 6.03. The van der Waals surface area contributed by atoms with Gasteiger partial charge in [0.05, 0.1) is 19.5 Å². The number of thioether (sulfide) groups is 1. The molecule has 0 radical (unpaired) electrons. The SMILES string of the molecule is COc1cccc(SC(c2ccccc2OC)C(C)N)c1. The molecule has 2 aromatic carbocycles. The molecular weight excluding hydrogens is 282 g/mol. The van der Waals surface area contributed by atoms with Gasteiger partial charge in [-0.1, -0.05) is 24.3 Å². The quantitative estimate of drug-likeness (QED) is 0.822. The van der Waals surface area contributed by atoms with E-state index in [4.69, 9.17) is 15.2 Å². The van der Waals surface area contributed by atoms with Crippen LogP contribution in [-0.2, 0) is 0 Å². The molecule has 0 aliphatic rings. The first-order chi connectivity index (χ1) is 10.2. The summed E-state index contributed by atoms with van der Waals surface area (Å²) in [7, 11) is 3.36. The lowest BCUT2D eigenvalue weighted by molar-refractivity contribution is 0.408. The minimum absolute atomic E-state index is 0.00231. The minimum atomic E-state index is -0.00231. The Morgan fingerprint density at radius 3 is 2.43 bits per heavy atom. The molecule has 0 spiro atoms. The first kappa shape index (κ1) is 15.7. The van der Waals surface area contributed by atoms with Gasteiger partial charge in [0.15, 0.2) is 0 Å². The molecule has 0 fully saturated rings. The standard InChI is InChI=1S/C17H21NO2S/c1-12(18)17(15-9-4-5-10-16(15)20-3)21-14-8-6-7-13(11-14)19-2/h4-12,17H,18H2,1-3H3. The molecule has 0 bridgehead atoms. The summed E-state index contributed by atoms with van der Waals surface area (Å²) >= 11 is 1.72. The second kappa shape index (κ2) is 7.38. The summed E-state index contributed by atoms with van der Waals surface area (Å²) in [5, 5.41) is 0.119. The molecule has 2 N–H and O–H groups in total. The number of methoxy groups -OCH3 is 2. The lowest BCUT2D eigenvalue weighted by Crippen LogP contribution is -2.23. The van der Waals surface area contributed by atoms with Gasteiger partial charge in [-0.15, -0.1) is 11.8 Å². The summed E-state index contributed by atoms with van der Waals surface area (Å²) in [6, 6.07) is 16.0. The van der Waals surface area contributed by atoms with Crippen LogP contribution in [0.3, 0.4) is 0 Å². The molecule has 112 valence electrons. The summed E-state index contributed by atoms with van der Waals surface area (Å²) < 4.78 is 10.7. The molecule has 0 saturated heterocycles. The van der Waals surface area contributed by atoms with Gasteiger partial charge in [0, 0.05) is 16.5 Å². The Kier molecular flexibility index (Phi) is 5.53. The molecular formula is C17H21NO2S. The van der Waals surface area contributed by atoms with Gasteiger partial charge in [-0.3, -0.25) is 0 Å². The van der Waals surface area contributed by atoms with Crippen molar-refractivity contribution in [1.29, 1.82) is 0 Å². The zero-order valence-corrected chi connectivity index (χ0v) is 13.4. The fraction of sp³-hybridized carbons (Fsp3) is 0.294. The van der Waals surface area contributed by atoms with Crippen molar-refractivity contribution in [3.8, 4) is 11.5 Å². The van der Waals surface area contributed by atoms with Crippen LogP contribution in [0.4, 0.5) is 0 Å². The lowest BCUT2D eigenvalue weighted by atomic mass is 10.1. The molecule has 2 atom stereocenters. The maximum absolute atomic E-state index is 6.20. The van der Waals surface area contributed by atoms with Crippen LogP contribution < -0.4 is 15.2 Å². The van der Waals surface area contributed by atoms with Gasteiger partial charge in [-0.25, -0.2) is 0 Å². The molecule has 0 saturated carbocycles. The van der Waals surface area contributed by atoms with E-state index in [0.717, 1.165) is 22.0 Å². The van der Waals surface area contributed by atoms with Crippen molar-refractivity contribution < 1.29 is 9.47 Å². The predicted molar refractivity (Wildman–Crippen MR) is 88.2 cm³/mol. The van der Waals surface area contributed by atoms with Crippen molar-refractivity contribution in [2.24, 2.45) is 5.73 Å². The molecule has 0 aromatic heterocycles. The summed E-state index contributed by atoms with van der Waals surface area (Å²) in [6.45, 7) is 2.02. The fourth-order valence-electron chi connectivity index (χ4n) is 2.18. The van der Waals surface area contributed by atoms with E-state index in [1.165, 1.54) is 0 Å². The third-order valence-electron chi connectivity index (χ3n) is 3.23. The summed E-state index contributed by atoms with van der Waals surface area (Å²) in [5.74, 6) is 1.72. The highest BCUT2D eigenvalue weighted by atomic mass is 32.2. The van der Waals surface area contributed by atoms with Crippen molar-refractivity contribution in [3.63, 3.8) is 0 Å². The Hall–Kier alpha value is -1.65. The molecule has 21 heavy (non-hydrogen) atoms. The second-order valence-electron chi connectivity index (χ2n) is 4.82. The molecule has 0 heterocycles. The summed E-state index contributed by atoms with van der Waals surface area (Å²) in [6.07, 6.45) is 0. The zero-order chi connectivity index (χ0) is 15.2. The number of ether oxygens (including phenoxy) is 2. The van der Waals surface area contributed by atoms with Gasteiger partial charge >= 0.3 is 0 Å². The fourth-order valence-corrected chi connectivity index (χ4v) is 3.35. The lowest BCUT2D eigenvalue weighted by Gasteiger charge is -2.23. The predicted octanol–water partition coefficient (Wildman–Crippen LogP) is 3.88. The van der Waals surface area contributed by atoms with Crippen molar-refractivity contribution >= 4 is 11.8 Å².